The minimum atomic E-state index is -0.203. The number of aromatic amines is 1. The lowest BCUT2D eigenvalue weighted by Gasteiger charge is -2.22. The third-order valence-corrected chi connectivity index (χ3v) is 7.99. The minimum absolute atomic E-state index is 0.0146. The zero-order valence-electron chi connectivity index (χ0n) is 21.9. The number of carbonyl (C=O) groups excluding carboxylic acids is 2. The van der Waals surface area contributed by atoms with E-state index < -0.39 is 0 Å². The van der Waals surface area contributed by atoms with E-state index in [0.717, 1.165) is 28.9 Å². The maximum Gasteiger partial charge on any atom is 0.255 e. The Bertz CT molecular complexity index is 1520. The molecule has 7 heteroatoms. The van der Waals surface area contributed by atoms with Crippen LogP contribution in [-0.2, 0) is 0 Å². The Morgan fingerprint density at radius 1 is 1.00 bits per heavy atom. The van der Waals surface area contributed by atoms with Crippen LogP contribution in [0.3, 0.4) is 0 Å². The Kier molecular flexibility index (Phi) is 6.65. The fourth-order valence-corrected chi connectivity index (χ4v) is 5.82. The first kappa shape index (κ1) is 24.9. The second-order valence-corrected chi connectivity index (χ2v) is 10.7. The van der Waals surface area contributed by atoms with Crippen molar-refractivity contribution in [3.05, 3.63) is 90.5 Å². The summed E-state index contributed by atoms with van der Waals surface area (Å²) in [5, 5.41) is 6.18. The van der Waals surface area contributed by atoms with Crippen LogP contribution in [0.2, 0.25) is 0 Å². The lowest BCUT2D eigenvalue weighted by molar-refractivity contribution is 0.0922. The van der Waals surface area contributed by atoms with Crippen LogP contribution in [0.25, 0.3) is 22.4 Å². The van der Waals surface area contributed by atoms with E-state index >= 15 is 0 Å². The molecule has 4 aromatic rings. The summed E-state index contributed by atoms with van der Waals surface area (Å²) in [4.78, 5) is 33.6. The third-order valence-electron chi connectivity index (χ3n) is 7.99. The fraction of sp³-hybridized carbons (Fsp3) is 0.281. The van der Waals surface area contributed by atoms with Crippen molar-refractivity contribution in [1.82, 2.24) is 15.3 Å². The molecule has 6 rings (SSSR count). The maximum atomic E-state index is 12.9. The molecule has 2 fully saturated rings. The first-order valence-corrected chi connectivity index (χ1v) is 13.6. The van der Waals surface area contributed by atoms with Gasteiger partial charge in [-0.3, -0.25) is 9.59 Å². The summed E-state index contributed by atoms with van der Waals surface area (Å²) in [5.74, 6) is 2.60. The summed E-state index contributed by atoms with van der Waals surface area (Å²) in [6, 6.07) is 20.4. The highest BCUT2D eigenvalue weighted by Crippen LogP contribution is 2.44. The monoisotopic (exact) mass is 520 g/mol. The van der Waals surface area contributed by atoms with Crippen LogP contribution >= 0.6 is 0 Å². The number of nitrogens with one attached hydrogen (secondary N) is 3. The van der Waals surface area contributed by atoms with Gasteiger partial charge < -0.3 is 20.4 Å². The molecule has 7 nitrogen and oxygen atoms in total. The largest absolute Gasteiger partial charge is 0.487 e. The molecule has 4 unspecified atom stereocenters. The number of ether oxygens (including phenoxy) is 1. The van der Waals surface area contributed by atoms with Crippen molar-refractivity contribution in [1.29, 1.82) is 0 Å². The SMILES string of the molecule is C=CC(C)Oc1ccc(C(=O)Nc2ccc(-c3nc4ccc(C(=O)NC5CC6CCC5C6)cc4[nH]3)cc2)cc1. The molecule has 198 valence electrons. The zero-order valence-corrected chi connectivity index (χ0v) is 21.9. The van der Waals surface area contributed by atoms with Gasteiger partial charge in [0.1, 0.15) is 17.7 Å². The molecule has 2 aliphatic carbocycles. The van der Waals surface area contributed by atoms with Crippen molar-refractivity contribution in [3.63, 3.8) is 0 Å². The predicted octanol–water partition coefficient (Wildman–Crippen LogP) is 6.35. The van der Waals surface area contributed by atoms with Gasteiger partial charge in [-0.1, -0.05) is 19.1 Å². The molecule has 1 heterocycles. The first-order valence-electron chi connectivity index (χ1n) is 13.6. The number of rotatable bonds is 8. The van der Waals surface area contributed by atoms with E-state index in [1.54, 1.807) is 30.3 Å². The molecule has 0 aliphatic heterocycles. The van der Waals surface area contributed by atoms with E-state index in [4.69, 9.17) is 9.72 Å². The van der Waals surface area contributed by atoms with Crippen LogP contribution in [0, 0.1) is 11.8 Å². The van der Waals surface area contributed by atoms with Gasteiger partial charge in [0.15, 0.2) is 0 Å². The van der Waals surface area contributed by atoms with Crippen LogP contribution in [0.4, 0.5) is 5.69 Å². The molecule has 2 amide bonds. The number of imidazole rings is 1. The summed E-state index contributed by atoms with van der Waals surface area (Å²) < 4.78 is 5.67. The van der Waals surface area contributed by atoms with Crippen LogP contribution < -0.4 is 15.4 Å². The highest BCUT2D eigenvalue weighted by molar-refractivity contribution is 6.04. The number of nitrogens with zero attached hydrogens (tertiary/aromatic N) is 1. The number of aromatic nitrogens is 2. The topological polar surface area (TPSA) is 96.1 Å². The molecule has 0 radical (unpaired) electrons. The zero-order chi connectivity index (χ0) is 26.9. The average Bonchev–Trinajstić information content (AvgIpc) is 3.69. The summed E-state index contributed by atoms with van der Waals surface area (Å²) >= 11 is 0. The predicted molar refractivity (Wildman–Crippen MR) is 153 cm³/mol. The van der Waals surface area contributed by atoms with Gasteiger partial charge in [-0.2, -0.15) is 0 Å². The second kappa shape index (κ2) is 10.4. The smallest absolute Gasteiger partial charge is 0.255 e. The van der Waals surface area contributed by atoms with Gasteiger partial charge >= 0.3 is 0 Å². The molecule has 3 aromatic carbocycles. The number of hydrogen-bond donors (Lipinski definition) is 3. The molecule has 0 saturated heterocycles. The second-order valence-electron chi connectivity index (χ2n) is 10.7. The number of benzene rings is 3. The fourth-order valence-electron chi connectivity index (χ4n) is 5.82. The van der Waals surface area contributed by atoms with E-state index in [2.05, 4.69) is 22.2 Å². The lowest BCUT2D eigenvalue weighted by atomic mass is 9.95. The van der Waals surface area contributed by atoms with E-state index in [1.807, 2.05) is 49.4 Å². The number of fused-ring (bicyclic) bond motifs is 3. The van der Waals surface area contributed by atoms with Gasteiger partial charge in [0.25, 0.3) is 11.8 Å². The van der Waals surface area contributed by atoms with Crippen molar-refractivity contribution < 1.29 is 14.3 Å². The lowest BCUT2D eigenvalue weighted by Crippen LogP contribution is -2.38. The summed E-state index contributed by atoms with van der Waals surface area (Å²) in [5.41, 5.74) is 4.37. The third kappa shape index (κ3) is 5.30. The number of carbonyl (C=O) groups is 2. The molecular weight excluding hydrogens is 488 g/mol. The van der Waals surface area contributed by atoms with Gasteiger partial charge in [0.05, 0.1) is 11.0 Å². The Morgan fingerprint density at radius 2 is 1.77 bits per heavy atom. The minimum Gasteiger partial charge on any atom is -0.487 e. The number of H-pyrrole nitrogens is 1. The van der Waals surface area contributed by atoms with Crippen LogP contribution in [0.15, 0.2) is 79.4 Å². The Balaban J connectivity index is 1.10. The summed E-state index contributed by atoms with van der Waals surface area (Å²) in [6.45, 7) is 5.61. The van der Waals surface area contributed by atoms with Crippen LogP contribution in [0.5, 0.6) is 5.75 Å². The van der Waals surface area contributed by atoms with Crippen molar-refractivity contribution in [2.75, 3.05) is 5.32 Å². The normalized spacial score (nSPS) is 20.5. The van der Waals surface area contributed by atoms with Gasteiger partial charge in [-0.25, -0.2) is 4.98 Å². The quantitative estimate of drug-likeness (QED) is 0.236. The Labute approximate surface area is 227 Å². The van der Waals surface area contributed by atoms with E-state index in [1.165, 1.54) is 19.3 Å². The van der Waals surface area contributed by atoms with E-state index in [-0.39, 0.29) is 17.9 Å². The van der Waals surface area contributed by atoms with Crippen molar-refractivity contribution >= 4 is 28.5 Å². The van der Waals surface area contributed by atoms with Crippen LogP contribution in [0.1, 0.15) is 53.3 Å². The first-order chi connectivity index (χ1) is 18.9. The van der Waals surface area contributed by atoms with Gasteiger partial charge in [-0.05, 0) is 105 Å². The van der Waals surface area contributed by atoms with E-state index in [0.29, 0.717) is 40.3 Å². The van der Waals surface area contributed by atoms with Crippen LogP contribution in [-0.4, -0.2) is 33.9 Å². The van der Waals surface area contributed by atoms with Crippen molar-refractivity contribution in [2.24, 2.45) is 11.8 Å². The van der Waals surface area contributed by atoms with E-state index in [9.17, 15) is 9.59 Å². The van der Waals surface area contributed by atoms with Crippen molar-refractivity contribution in [3.8, 4) is 17.1 Å². The number of hydrogen-bond acceptors (Lipinski definition) is 4. The van der Waals surface area contributed by atoms with Gasteiger partial charge in [0, 0.05) is 28.4 Å². The maximum absolute atomic E-state index is 12.9. The molecule has 2 saturated carbocycles. The molecule has 1 aromatic heterocycles. The molecule has 4 atom stereocenters. The molecular formula is C32H32N4O3. The number of amides is 2. The molecule has 3 N–H and O–H groups in total. The highest BCUT2D eigenvalue weighted by atomic mass is 16.5. The Hall–Kier alpha value is -4.39. The summed E-state index contributed by atoms with van der Waals surface area (Å²) in [7, 11) is 0. The Morgan fingerprint density at radius 3 is 2.46 bits per heavy atom. The van der Waals surface area contributed by atoms with Crippen molar-refractivity contribution in [2.45, 2.75) is 44.8 Å². The summed E-state index contributed by atoms with van der Waals surface area (Å²) in [6.07, 6.45) is 6.53. The van der Waals surface area contributed by atoms with Gasteiger partial charge in [0.2, 0.25) is 0 Å². The molecule has 2 bridgehead atoms. The average molecular weight is 521 g/mol. The molecule has 2 aliphatic rings. The molecule has 39 heavy (non-hydrogen) atoms. The number of anilines is 1. The highest BCUT2D eigenvalue weighted by Gasteiger charge is 2.40. The molecule has 0 spiro atoms. The van der Waals surface area contributed by atoms with Gasteiger partial charge in [-0.15, -0.1) is 0 Å². The standard InChI is InChI=1S/C32H32N4O3/c1-3-19(2)39-26-13-8-22(9-14-26)31(37)33-25-11-6-21(7-12-25)30-34-27-15-10-24(18-29(27)35-30)32(38)36-28-17-20-4-5-23(28)16-20/h3,6-15,18-20,23,28H,1,4-5,16-17H2,2H3,(H,33,37)(H,34,35)(H,36,38).